The first-order chi connectivity index (χ1) is 5.65. The molecule has 12 heavy (non-hydrogen) atoms. The lowest BCUT2D eigenvalue weighted by Gasteiger charge is -2.00. The van der Waals surface area contributed by atoms with E-state index in [4.69, 9.17) is 11.6 Å². The molecule has 0 fully saturated rings. The van der Waals surface area contributed by atoms with Gasteiger partial charge in [0.05, 0.1) is 5.02 Å². The Balaban J connectivity index is 3.22. The summed E-state index contributed by atoms with van der Waals surface area (Å²) in [5, 5.41) is 0.477. The third-order valence-corrected chi connectivity index (χ3v) is 1.90. The first kappa shape index (κ1) is 9.01. The topological polar surface area (TPSA) is 17.1 Å². The largest absolute Gasteiger partial charge is 0.289 e. The van der Waals surface area contributed by atoms with Crippen LogP contribution in [-0.4, -0.2) is 5.78 Å². The van der Waals surface area contributed by atoms with E-state index in [9.17, 15) is 4.79 Å². The Hall–Kier alpha value is -1.08. The highest BCUT2D eigenvalue weighted by Gasteiger charge is 2.05. The zero-order valence-corrected chi connectivity index (χ0v) is 7.56. The van der Waals surface area contributed by atoms with Crippen molar-refractivity contribution in [3.05, 3.63) is 47.0 Å². The highest BCUT2D eigenvalue weighted by molar-refractivity contribution is 6.34. The van der Waals surface area contributed by atoms with Crippen LogP contribution in [0.1, 0.15) is 15.9 Å². The standard InChI is InChI=1S/C10H9ClO/c1-3-10(12)8-6-7(2)4-5-9(8)11/h3-6H,1H2,2H3. The summed E-state index contributed by atoms with van der Waals surface area (Å²) in [6, 6.07) is 5.34. The number of aryl methyl sites for hydroxylation is 1. The van der Waals surface area contributed by atoms with Gasteiger partial charge < -0.3 is 0 Å². The molecule has 0 N–H and O–H groups in total. The maximum absolute atomic E-state index is 11.2. The Kier molecular flexibility index (Phi) is 2.66. The van der Waals surface area contributed by atoms with Crippen molar-refractivity contribution in [2.45, 2.75) is 6.92 Å². The summed E-state index contributed by atoms with van der Waals surface area (Å²) in [7, 11) is 0. The number of hydrogen-bond donors (Lipinski definition) is 0. The molecule has 0 saturated heterocycles. The molecule has 62 valence electrons. The van der Waals surface area contributed by atoms with Crippen molar-refractivity contribution in [3.63, 3.8) is 0 Å². The quantitative estimate of drug-likeness (QED) is 0.505. The first-order valence-corrected chi connectivity index (χ1v) is 3.96. The molecule has 0 spiro atoms. The number of ketones is 1. The van der Waals surface area contributed by atoms with Gasteiger partial charge in [-0.05, 0) is 25.1 Å². The van der Waals surface area contributed by atoms with E-state index in [1.54, 1.807) is 12.1 Å². The Morgan fingerprint density at radius 1 is 1.58 bits per heavy atom. The molecule has 1 nitrogen and oxygen atoms in total. The fourth-order valence-corrected chi connectivity index (χ4v) is 1.15. The van der Waals surface area contributed by atoms with Crippen molar-refractivity contribution < 1.29 is 4.79 Å². The third kappa shape index (κ3) is 1.74. The lowest BCUT2D eigenvalue weighted by atomic mass is 10.1. The van der Waals surface area contributed by atoms with Gasteiger partial charge in [0.2, 0.25) is 0 Å². The van der Waals surface area contributed by atoms with Crippen molar-refractivity contribution in [3.8, 4) is 0 Å². The van der Waals surface area contributed by atoms with Gasteiger partial charge in [-0.1, -0.05) is 29.8 Å². The van der Waals surface area contributed by atoms with Gasteiger partial charge >= 0.3 is 0 Å². The van der Waals surface area contributed by atoms with E-state index in [1.165, 1.54) is 6.08 Å². The monoisotopic (exact) mass is 180 g/mol. The van der Waals surface area contributed by atoms with Crippen LogP contribution >= 0.6 is 11.6 Å². The van der Waals surface area contributed by atoms with Crippen LogP contribution < -0.4 is 0 Å². The normalized spacial score (nSPS) is 9.50. The maximum atomic E-state index is 11.2. The minimum Gasteiger partial charge on any atom is -0.289 e. The molecule has 0 saturated carbocycles. The van der Waals surface area contributed by atoms with Gasteiger partial charge in [-0.2, -0.15) is 0 Å². The molecular weight excluding hydrogens is 172 g/mol. The molecule has 0 atom stereocenters. The van der Waals surface area contributed by atoms with Gasteiger partial charge in [0, 0.05) is 5.56 Å². The lowest BCUT2D eigenvalue weighted by Crippen LogP contribution is -1.95. The highest BCUT2D eigenvalue weighted by atomic mass is 35.5. The first-order valence-electron chi connectivity index (χ1n) is 3.58. The van der Waals surface area contributed by atoms with Crippen molar-refractivity contribution in [1.82, 2.24) is 0 Å². The molecule has 0 unspecified atom stereocenters. The predicted molar refractivity (Wildman–Crippen MR) is 50.7 cm³/mol. The molecule has 1 aromatic carbocycles. The third-order valence-electron chi connectivity index (χ3n) is 1.57. The molecule has 0 amide bonds. The van der Waals surface area contributed by atoms with Crippen LogP contribution in [-0.2, 0) is 0 Å². The summed E-state index contributed by atoms with van der Waals surface area (Å²) in [5.74, 6) is -0.135. The number of carbonyl (C=O) groups is 1. The van der Waals surface area contributed by atoms with Crippen LogP contribution in [0.5, 0.6) is 0 Å². The summed E-state index contributed by atoms with van der Waals surface area (Å²) < 4.78 is 0. The van der Waals surface area contributed by atoms with Crippen LogP contribution in [0, 0.1) is 6.92 Å². The smallest absolute Gasteiger partial charge is 0.186 e. The average Bonchev–Trinajstić information content (AvgIpc) is 2.08. The van der Waals surface area contributed by atoms with Crippen molar-refractivity contribution >= 4 is 17.4 Å². The lowest BCUT2D eigenvalue weighted by molar-refractivity contribution is 0.104. The molecule has 1 aromatic rings. The van der Waals surface area contributed by atoms with E-state index >= 15 is 0 Å². The fourth-order valence-electron chi connectivity index (χ4n) is 0.938. The second kappa shape index (κ2) is 3.55. The Morgan fingerprint density at radius 3 is 2.83 bits per heavy atom. The van der Waals surface area contributed by atoms with Crippen LogP contribution in [0.25, 0.3) is 0 Å². The van der Waals surface area contributed by atoms with Gasteiger partial charge in [-0.3, -0.25) is 4.79 Å². The molecule has 0 heterocycles. The molecule has 0 aromatic heterocycles. The second-order valence-corrected chi connectivity index (χ2v) is 2.96. The molecule has 0 aliphatic heterocycles. The zero-order valence-electron chi connectivity index (χ0n) is 6.80. The van der Waals surface area contributed by atoms with Gasteiger partial charge in [-0.25, -0.2) is 0 Å². The van der Waals surface area contributed by atoms with E-state index in [0.29, 0.717) is 10.6 Å². The number of halogens is 1. The summed E-state index contributed by atoms with van der Waals surface area (Å²) in [5.41, 5.74) is 1.54. The van der Waals surface area contributed by atoms with E-state index in [0.717, 1.165) is 5.56 Å². The molecule has 0 aliphatic rings. The van der Waals surface area contributed by atoms with Crippen LogP contribution in [0.4, 0.5) is 0 Å². The number of rotatable bonds is 2. The second-order valence-electron chi connectivity index (χ2n) is 2.55. The molecule has 0 bridgehead atoms. The molecule has 1 rings (SSSR count). The molecular formula is C10H9ClO. The zero-order chi connectivity index (χ0) is 9.14. The summed E-state index contributed by atoms with van der Waals surface area (Å²) in [6.45, 7) is 5.31. The SMILES string of the molecule is C=CC(=O)c1cc(C)ccc1Cl. The number of hydrogen-bond acceptors (Lipinski definition) is 1. The van der Waals surface area contributed by atoms with Crippen LogP contribution in [0.2, 0.25) is 5.02 Å². The van der Waals surface area contributed by atoms with Gasteiger partial charge in [0.15, 0.2) is 5.78 Å². The Morgan fingerprint density at radius 2 is 2.25 bits per heavy atom. The minimum absolute atomic E-state index is 0.135. The molecule has 2 heteroatoms. The Bertz CT molecular complexity index is 329. The van der Waals surface area contributed by atoms with E-state index in [-0.39, 0.29) is 5.78 Å². The van der Waals surface area contributed by atoms with E-state index in [1.807, 2.05) is 13.0 Å². The number of benzene rings is 1. The van der Waals surface area contributed by atoms with Crippen LogP contribution in [0.3, 0.4) is 0 Å². The van der Waals surface area contributed by atoms with Crippen molar-refractivity contribution in [1.29, 1.82) is 0 Å². The fraction of sp³-hybridized carbons (Fsp3) is 0.100. The predicted octanol–water partition coefficient (Wildman–Crippen LogP) is 3.02. The Labute approximate surface area is 76.7 Å². The van der Waals surface area contributed by atoms with Gasteiger partial charge in [0.25, 0.3) is 0 Å². The summed E-state index contributed by atoms with van der Waals surface area (Å²) in [6.07, 6.45) is 1.26. The minimum atomic E-state index is -0.135. The molecule has 0 aliphatic carbocycles. The summed E-state index contributed by atoms with van der Waals surface area (Å²) >= 11 is 5.80. The van der Waals surface area contributed by atoms with E-state index in [2.05, 4.69) is 6.58 Å². The average molecular weight is 181 g/mol. The number of allylic oxidation sites excluding steroid dienone is 1. The van der Waals surface area contributed by atoms with Gasteiger partial charge in [0.1, 0.15) is 0 Å². The maximum Gasteiger partial charge on any atom is 0.186 e. The number of carbonyl (C=O) groups excluding carboxylic acids is 1. The molecule has 0 radical (unpaired) electrons. The van der Waals surface area contributed by atoms with Gasteiger partial charge in [-0.15, -0.1) is 0 Å². The van der Waals surface area contributed by atoms with Crippen molar-refractivity contribution in [2.75, 3.05) is 0 Å². The summed E-state index contributed by atoms with van der Waals surface area (Å²) in [4.78, 5) is 11.2. The highest BCUT2D eigenvalue weighted by Crippen LogP contribution is 2.17. The van der Waals surface area contributed by atoms with Crippen LogP contribution in [0.15, 0.2) is 30.9 Å². The van der Waals surface area contributed by atoms with Crippen molar-refractivity contribution in [2.24, 2.45) is 0 Å². The van der Waals surface area contributed by atoms with E-state index < -0.39 is 0 Å².